The van der Waals surface area contributed by atoms with Crippen molar-refractivity contribution in [3.05, 3.63) is 45.6 Å². The average molecular weight is 384 g/mol. The van der Waals surface area contributed by atoms with Crippen LogP contribution in [0, 0.1) is 13.8 Å². The molecule has 1 saturated heterocycles. The van der Waals surface area contributed by atoms with Crippen LogP contribution in [0.25, 0.3) is 10.2 Å². The van der Waals surface area contributed by atoms with Crippen molar-refractivity contribution in [3.63, 3.8) is 0 Å². The predicted octanol–water partition coefficient (Wildman–Crippen LogP) is 1.21. The van der Waals surface area contributed by atoms with Crippen molar-refractivity contribution < 1.29 is 4.79 Å². The van der Waals surface area contributed by atoms with Crippen molar-refractivity contribution in [2.75, 3.05) is 31.1 Å². The molecule has 0 aliphatic carbocycles. The van der Waals surface area contributed by atoms with Gasteiger partial charge in [-0.25, -0.2) is 15.0 Å². The largest absolute Gasteiger partial charge is 0.338 e. The first-order valence-electron chi connectivity index (χ1n) is 8.79. The van der Waals surface area contributed by atoms with Gasteiger partial charge >= 0.3 is 0 Å². The fraction of sp³-hybridized carbons (Fsp3) is 0.389. The number of carbonyl (C=O) groups is 1. The van der Waals surface area contributed by atoms with Crippen LogP contribution in [0.1, 0.15) is 10.4 Å². The Kier molecular flexibility index (Phi) is 4.61. The Labute approximate surface area is 160 Å². The van der Waals surface area contributed by atoms with E-state index in [1.165, 1.54) is 22.2 Å². The summed E-state index contributed by atoms with van der Waals surface area (Å²) in [7, 11) is 0. The molecule has 0 N–H and O–H groups in total. The first-order valence-corrected chi connectivity index (χ1v) is 9.61. The second-order valence-corrected chi connectivity index (χ2v) is 7.76. The second kappa shape index (κ2) is 7.07. The van der Waals surface area contributed by atoms with Gasteiger partial charge in [0, 0.05) is 43.4 Å². The Morgan fingerprint density at radius 3 is 2.52 bits per heavy atom. The van der Waals surface area contributed by atoms with Gasteiger partial charge in [0.1, 0.15) is 11.4 Å². The van der Waals surface area contributed by atoms with Crippen LogP contribution < -0.4 is 10.5 Å². The summed E-state index contributed by atoms with van der Waals surface area (Å²) in [5.74, 6) is 0.607. The number of hydrogen-bond donors (Lipinski definition) is 0. The van der Waals surface area contributed by atoms with Crippen molar-refractivity contribution in [2.24, 2.45) is 0 Å². The van der Waals surface area contributed by atoms with E-state index in [0.29, 0.717) is 37.5 Å². The number of rotatable bonds is 3. The molecule has 0 radical (unpaired) electrons. The maximum absolute atomic E-state index is 12.8. The lowest BCUT2D eigenvalue weighted by Crippen LogP contribution is -2.50. The van der Waals surface area contributed by atoms with E-state index in [2.05, 4.69) is 19.9 Å². The zero-order valence-electron chi connectivity index (χ0n) is 15.3. The van der Waals surface area contributed by atoms with Gasteiger partial charge < -0.3 is 9.80 Å². The van der Waals surface area contributed by atoms with Crippen LogP contribution >= 0.6 is 11.3 Å². The number of anilines is 1. The molecular weight excluding hydrogens is 364 g/mol. The number of amides is 1. The third-order valence-electron chi connectivity index (χ3n) is 4.93. The normalized spacial score (nSPS) is 14.7. The van der Waals surface area contributed by atoms with E-state index in [0.717, 1.165) is 15.3 Å². The number of piperazine rings is 1. The van der Waals surface area contributed by atoms with Crippen molar-refractivity contribution in [1.29, 1.82) is 0 Å². The summed E-state index contributed by atoms with van der Waals surface area (Å²) in [6.45, 7) is 6.42. The van der Waals surface area contributed by atoms with Gasteiger partial charge in [0.2, 0.25) is 11.9 Å². The molecule has 0 bridgehead atoms. The summed E-state index contributed by atoms with van der Waals surface area (Å²) in [5.41, 5.74) is 0.803. The van der Waals surface area contributed by atoms with Gasteiger partial charge in [-0.15, -0.1) is 11.3 Å². The fourth-order valence-corrected chi connectivity index (χ4v) is 4.23. The summed E-state index contributed by atoms with van der Waals surface area (Å²) in [6.07, 6.45) is 4.90. The van der Waals surface area contributed by atoms with Gasteiger partial charge in [-0.3, -0.25) is 14.2 Å². The summed E-state index contributed by atoms with van der Waals surface area (Å²) < 4.78 is 1.41. The van der Waals surface area contributed by atoms with Crippen LogP contribution in [0.4, 0.5) is 5.95 Å². The van der Waals surface area contributed by atoms with E-state index < -0.39 is 0 Å². The van der Waals surface area contributed by atoms with E-state index in [1.807, 2.05) is 13.8 Å². The summed E-state index contributed by atoms with van der Waals surface area (Å²) >= 11 is 1.51. The highest BCUT2D eigenvalue weighted by Gasteiger charge is 2.23. The molecule has 3 aromatic heterocycles. The Bertz CT molecular complexity index is 1040. The molecule has 4 rings (SSSR count). The molecule has 0 spiro atoms. The van der Waals surface area contributed by atoms with Crippen LogP contribution in [0.3, 0.4) is 0 Å². The highest BCUT2D eigenvalue weighted by Crippen LogP contribution is 2.25. The molecule has 0 atom stereocenters. The maximum atomic E-state index is 12.8. The Morgan fingerprint density at radius 1 is 1.11 bits per heavy atom. The number of aromatic nitrogens is 4. The lowest BCUT2D eigenvalue weighted by atomic mass is 10.2. The summed E-state index contributed by atoms with van der Waals surface area (Å²) in [4.78, 5) is 43.9. The van der Waals surface area contributed by atoms with E-state index in [4.69, 9.17) is 0 Å². The SMILES string of the molecule is Cc1sc2ncn(CC(=O)N3CCN(c4ncccn4)CC3)c(=O)c2c1C. The van der Waals surface area contributed by atoms with Crippen molar-refractivity contribution in [3.8, 4) is 0 Å². The number of aryl methyl sites for hydroxylation is 2. The second-order valence-electron chi connectivity index (χ2n) is 6.56. The molecular formula is C18H20N6O2S. The van der Waals surface area contributed by atoms with Gasteiger partial charge in [-0.1, -0.05) is 0 Å². The third-order valence-corrected chi connectivity index (χ3v) is 6.04. The zero-order valence-corrected chi connectivity index (χ0v) is 16.1. The fourth-order valence-electron chi connectivity index (χ4n) is 3.24. The minimum Gasteiger partial charge on any atom is -0.338 e. The molecule has 1 aliphatic rings. The summed E-state index contributed by atoms with van der Waals surface area (Å²) in [6, 6.07) is 1.78. The maximum Gasteiger partial charge on any atom is 0.262 e. The number of carbonyl (C=O) groups excluding carboxylic acids is 1. The van der Waals surface area contributed by atoms with E-state index in [9.17, 15) is 9.59 Å². The predicted molar refractivity (Wildman–Crippen MR) is 104 cm³/mol. The van der Waals surface area contributed by atoms with Gasteiger partial charge in [-0.2, -0.15) is 0 Å². The number of nitrogens with zero attached hydrogens (tertiary/aromatic N) is 6. The smallest absolute Gasteiger partial charge is 0.262 e. The number of hydrogen-bond acceptors (Lipinski definition) is 7. The molecule has 140 valence electrons. The average Bonchev–Trinajstić information content (AvgIpc) is 2.99. The topological polar surface area (TPSA) is 84.2 Å². The Balaban J connectivity index is 1.46. The van der Waals surface area contributed by atoms with Crippen molar-refractivity contribution in [1.82, 2.24) is 24.4 Å². The molecule has 1 aliphatic heterocycles. The van der Waals surface area contributed by atoms with E-state index >= 15 is 0 Å². The number of thiophene rings is 1. The lowest BCUT2D eigenvalue weighted by molar-refractivity contribution is -0.132. The quantitative estimate of drug-likeness (QED) is 0.675. The molecule has 27 heavy (non-hydrogen) atoms. The molecule has 4 heterocycles. The standard InChI is InChI=1S/C18H20N6O2S/c1-12-13(2)27-16-15(12)17(26)24(11-21-16)10-14(25)22-6-8-23(9-7-22)18-19-4-3-5-20-18/h3-5,11H,6-10H2,1-2H3. The van der Waals surface area contributed by atoms with Gasteiger partial charge in [0.15, 0.2) is 0 Å². The van der Waals surface area contributed by atoms with Gasteiger partial charge in [0.25, 0.3) is 5.56 Å². The Morgan fingerprint density at radius 2 is 1.81 bits per heavy atom. The van der Waals surface area contributed by atoms with Crippen LogP contribution in [0.15, 0.2) is 29.6 Å². The molecule has 9 heteroatoms. The Hall–Kier alpha value is -2.81. The first kappa shape index (κ1) is 17.6. The van der Waals surface area contributed by atoms with E-state index in [1.54, 1.807) is 23.4 Å². The van der Waals surface area contributed by atoms with Crippen molar-refractivity contribution in [2.45, 2.75) is 20.4 Å². The molecule has 0 saturated carbocycles. The van der Waals surface area contributed by atoms with Crippen LogP contribution in [-0.4, -0.2) is 56.5 Å². The first-order chi connectivity index (χ1) is 13.0. The minimum atomic E-state index is -0.147. The molecule has 0 aromatic carbocycles. The van der Waals surface area contributed by atoms with Crippen LogP contribution in [0.2, 0.25) is 0 Å². The molecule has 3 aromatic rings. The van der Waals surface area contributed by atoms with Gasteiger partial charge in [-0.05, 0) is 25.5 Å². The molecule has 1 fully saturated rings. The third kappa shape index (κ3) is 3.30. The van der Waals surface area contributed by atoms with Crippen LogP contribution in [-0.2, 0) is 11.3 Å². The highest BCUT2D eigenvalue weighted by atomic mass is 32.1. The summed E-state index contributed by atoms with van der Waals surface area (Å²) in [5, 5.41) is 0.624. The lowest BCUT2D eigenvalue weighted by Gasteiger charge is -2.34. The number of fused-ring (bicyclic) bond motifs is 1. The zero-order chi connectivity index (χ0) is 19.0. The minimum absolute atomic E-state index is 0.0118. The van der Waals surface area contributed by atoms with Gasteiger partial charge in [0.05, 0.1) is 11.7 Å². The van der Waals surface area contributed by atoms with Crippen molar-refractivity contribution >= 4 is 33.4 Å². The highest BCUT2D eigenvalue weighted by molar-refractivity contribution is 7.18. The monoisotopic (exact) mass is 384 g/mol. The van der Waals surface area contributed by atoms with Crippen LogP contribution in [0.5, 0.6) is 0 Å². The molecule has 8 nitrogen and oxygen atoms in total. The van der Waals surface area contributed by atoms with E-state index in [-0.39, 0.29) is 18.0 Å². The molecule has 0 unspecified atom stereocenters. The molecule has 1 amide bonds.